The third-order valence-electron chi connectivity index (χ3n) is 6.08. The van der Waals surface area contributed by atoms with Gasteiger partial charge >= 0.3 is 11.9 Å². The van der Waals surface area contributed by atoms with Gasteiger partial charge in [0.1, 0.15) is 11.8 Å². The van der Waals surface area contributed by atoms with Crippen LogP contribution in [0.3, 0.4) is 0 Å². The standard InChI is InChI=1S/C27H23ClF3N3O4/c1-3-22(24(35)32-15-16-6-4-7-17(12-16)27(29,30)31)34-23-13-18(28)10-11-21(23)25(36)33(26(34)37)19-8-5-9-20(14-19)38-2/h4-14,22H,3,15H2,1-2H3,(H,32,35). The zero-order valence-corrected chi connectivity index (χ0v) is 21.1. The van der Waals surface area contributed by atoms with E-state index in [0.29, 0.717) is 5.75 Å². The average molecular weight is 546 g/mol. The number of ether oxygens (including phenoxy) is 1. The van der Waals surface area contributed by atoms with Crippen molar-refractivity contribution in [1.82, 2.24) is 14.5 Å². The molecule has 0 aliphatic carbocycles. The molecule has 38 heavy (non-hydrogen) atoms. The van der Waals surface area contributed by atoms with Crippen LogP contribution in [0.15, 0.2) is 76.3 Å². The Morgan fingerprint density at radius 3 is 2.47 bits per heavy atom. The van der Waals surface area contributed by atoms with Crippen LogP contribution in [0, 0.1) is 0 Å². The van der Waals surface area contributed by atoms with Crippen molar-refractivity contribution >= 4 is 28.4 Å². The van der Waals surface area contributed by atoms with Gasteiger partial charge in [-0.15, -0.1) is 0 Å². The molecular formula is C27H23ClF3N3O4. The van der Waals surface area contributed by atoms with Gasteiger partial charge in [0.2, 0.25) is 5.91 Å². The summed E-state index contributed by atoms with van der Waals surface area (Å²) >= 11 is 6.18. The Labute approximate surface area is 220 Å². The quantitative estimate of drug-likeness (QED) is 0.350. The highest BCUT2D eigenvalue weighted by Gasteiger charge is 2.30. The number of hydrogen-bond acceptors (Lipinski definition) is 4. The highest BCUT2D eigenvalue weighted by atomic mass is 35.5. The summed E-state index contributed by atoms with van der Waals surface area (Å²) in [7, 11) is 1.45. The summed E-state index contributed by atoms with van der Waals surface area (Å²) in [4.78, 5) is 40.5. The molecule has 0 saturated carbocycles. The SMILES string of the molecule is CCC(C(=O)NCc1cccc(C(F)(F)F)c1)n1c(=O)n(-c2cccc(OC)c2)c(=O)c2ccc(Cl)cc21. The van der Waals surface area contributed by atoms with Crippen molar-refractivity contribution in [2.24, 2.45) is 0 Å². The molecule has 0 saturated heterocycles. The fourth-order valence-corrected chi connectivity index (χ4v) is 4.40. The molecule has 0 bridgehead atoms. The molecule has 1 heterocycles. The molecule has 1 amide bonds. The Bertz CT molecular complexity index is 1630. The summed E-state index contributed by atoms with van der Waals surface area (Å²) in [5.74, 6) is -0.188. The molecule has 11 heteroatoms. The highest BCUT2D eigenvalue weighted by molar-refractivity contribution is 6.31. The van der Waals surface area contributed by atoms with Crippen molar-refractivity contribution in [2.75, 3.05) is 7.11 Å². The molecular weight excluding hydrogens is 523 g/mol. The third kappa shape index (κ3) is 5.31. The summed E-state index contributed by atoms with van der Waals surface area (Å²) in [6.45, 7) is 1.49. The van der Waals surface area contributed by atoms with Crippen LogP contribution in [0.4, 0.5) is 13.2 Å². The van der Waals surface area contributed by atoms with E-state index in [1.807, 2.05) is 0 Å². The van der Waals surface area contributed by atoms with Gasteiger partial charge in [-0.1, -0.05) is 36.7 Å². The summed E-state index contributed by atoms with van der Waals surface area (Å²) in [6.07, 6.45) is -4.38. The first-order valence-electron chi connectivity index (χ1n) is 11.6. The molecule has 1 unspecified atom stereocenters. The Morgan fingerprint density at radius 2 is 1.79 bits per heavy atom. The molecule has 7 nitrogen and oxygen atoms in total. The minimum absolute atomic E-state index is 0.145. The summed E-state index contributed by atoms with van der Waals surface area (Å²) in [6, 6.07) is 14.3. The van der Waals surface area contributed by atoms with Gasteiger partial charge in [0, 0.05) is 17.6 Å². The second-order valence-corrected chi connectivity index (χ2v) is 8.93. The molecule has 0 radical (unpaired) electrons. The van der Waals surface area contributed by atoms with E-state index in [2.05, 4.69) is 5.32 Å². The fraction of sp³-hybridized carbons (Fsp3) is 0.222. The number of nitrogens with one attached hydrogen (secondary N) is 1. The maximum absolute atomic E-state index is 13.8. The maximum atomic E-state index is 13.8. The zero-order valence-electron chi connectivity index (χ0n) is 20.4. The predicted molar refractivity (Wildman–Crippen MR) is 138 cm³/mol. The van der Waals surface area contributed by atoms with Gasteiger partial charge < -0.3 is 10.1 Å². The number of hydrogen-bond donors (Lipinski definition) is 1. The third-order valence-corrected chi connectivity index (χ3v) is 6.32. The van der Waals surface area contributed by atoms with Crippen molar-refractivity contribution in [3.8, 4) is 11.4 Å². The van der Waals surface area contributed by atoms with Crippen LogP contribution in [-0.4, -0.2) is 22.2 Å². The first-order chi connectivity index (χ1) is 18.0. The first kappa shape index (κ1) is 27.0. The maximum Gasteiger partial charge on any atom is 0.416 e. The zero-order chi connectivity index (χ0) is 27.6. The van der Waals surface area contributed by atoms with Gasteiger partial charge in [-0.25, -0.2) is 9.36 Å². The van der Waals surface area contributed by atoms with Crippen molar-refractivity contribution in [3.05, 3.63) is 104 Å². The lowest BCUT2D eigenvalue weighted by molar-refractivity contribution is -0.137. The topological polar surface area (TPSA) is 82.3 Å². The number of rotatable bonds is 7. The number of methoxy groups -OCH3 is 1. The number of alkyl halides is 3. The summed E-state index contributed by atoms with van der Waals surface area (Å²) in [5, 5.41) is 3.03. The lowest BCUT2D eigenvalue weighted by atomic mass is 10.1. The highest BCUT2D eigenvalue weighted by Crippen LogP contribution is 2.29. The van der Waals surface area contributed by atoms with Crippen LogP contribution in [-0.2, 0) is 17.5 Å². The van der Waals surface area contributed by atoms with Gasteiger partial charge in [0.15, 0.2) is 0 Å². The largest absolute Gasteiger partial charge is 0.497 e. The van der Waals surface area contributed by atoms with Crippen LogP contribution in [0.2, 0.25) is 5.02 Å². The number of benzene rings is 3. The molecule has 198 valence electrons. The van der Waals surface area contributed by atoms with E-state index in [-0.39, 0.29) is 40.1 Å². The monoisotopic (exact) mass is 545 g/mol. The molecule has 1 atom stereocenters. The lowest BCUT2D eigenvalue weighted by Gasteiger charge is -2.22. The number of halogens is 4. The number of nitrogens with zero attached hydrogens (tertiary/aromatic N) is 2. The molecule has 3 aromatic carbocycles. The van der Waals surface area contributed by atoms with E-state index in [0.717, 1.165) is 16.7 Å². The Balaban J connectivity index is 1.81. The molecule has 4 aromatic rings. The molecule has 0 aliphatic heterocycles. The van der Waals surface area contributed by atoms with Crippen molar-refractivity contribution in [2.45, 2.75) is 32.1 Å². The van der Waals surface area contributed by atoms with E-state index >= 15 is 0 Å². The Morgan fingerprint density at radius 1 is 1.05 bits per heavy atom. The van der Waals surface area contributed by atoms with E-state index in [1.165, 1.54) is 48.1 Å². The van der Waals surface area contributed by atoms with Gasteiger partial charge in [-0.3, -0.25) is 14.2 Å². The molecule has 0 aliphatic rings. The van der Waals surface area contributed by atoms with Crippen molar-refractivity contribution < 1.29 is 22.7 Å². The Hall–Kier alpha value is -4.05. The van der Waals surface area contributed by atoms with Crippen molar-refractivity contribution in [1.29, 1.82) is 0 Å². The number of carbonyl (C=O) groups is 1. The van der Waals surface area contributed by atoms with Crippen LogP contribution < -0.4 is 21.3 Å². The van der Waals surface area contributed by atoms with E-state index < -0.39 is 34.9 Å². The van der Waals surface area contributed by atoms with Gasteiger partial charge in [0.05, 0.1) is 29.3 Å². The minimum Gasteiger partial charge on any atom is -0.497 e. The number of carbonyl (C=O) groups excluding carboxylic acids is 1. The van der Waals surface area contributed by atoms with Crippen LogP contribution in [0.5, 0.6) is 5.75 Å². The normalized spacial score (nSPS) is 12.4. The predicted octanol–water partition coefficient (Wildman–Crippen LogP) is 5.10. The first-order valence-corrected chi connectivity index (χ1v) is 12.0. The molecule has 1 aromatic heterocycles. The molecule has 1 N–H and O–H groups in total. The Kier molecular flexibility index (Phi) is 7.63. The van der Waals surface area contributed by atoms with Crippen LogP contribution >= 0.6 is 11.6 Å². The van der Waals surface area contributed by atoms with Gasteiger partial charge in [0.25, 0.3) is 5.56 Å². The number of fused-ring (bicyclic) bond motifs is 1. The second kappa shape index (κ2) is 10.7. The van der Waals surface area contributed by atoms with E-state index in [9.17, 15) is 27.6 Å². The van der Waals surface area contributed by atoms with Crippen LogP contribution in [0.25, 0.3) is 16.6 Å². The lowest BCUT2D eigenvalue weighted by Crippen LogP contribution is -2.44. The van der Waals surface area contributed by atoms with E-state index in [4.69, 9.17) is 16.3 Å². The van der Waals surface area contributed by atoms with Gasteiger partial charge in [-0.05, 0) is 54.4 Å². The molecule has 4 rings (SSSR count). The minimum atomic E-state index is -4.52. The average Bonchev–Trinajstić information content (AvgIpc) is 2.89. The summed E-state index contributed by atoms with van der Waals surface area (Å²) < 4.78 is 46.6. The van der Waals surface area contributed by atoms with Crippen LogP contribution in [0.1, 0.15) is 30.5 Å². The molecule has 0 fully saturated rings. The summed E-state index contributed by atoms with van der Waals surface area (Å²) in [5.41, 5.74) is -1.58. The van der Waals surface area contributed by atoms with E-state index in [1.54, 1.807) is 25.1 Å². The smallest absolute Gasteiger partial charge is 0.416 e. The number of amides is 1. The van der Waals surface area contributed by atoms with Gasteiger partial charge in [-0.2, -0.15) is 13.2 Å². The fourth-order valence-electron chi connectivity index (χ4n) is 4.23. The number of aromatic nitrogens is 2. The van der Waals surface area contributed by atoms with Crippen molar-refractivity contribution in [3.63, 3.8) is 0 Å². The molecule has 0 spiro atoms. The second-order valence-electron chi connectivity index (χ2n) is 8.50.